The number of ether oxygens (including phenoxy) is 1. The molecule has 0 aliphatic carbocycles. The summed E-state index contributed by atoms with van der Waals surface area (Å²) in [7, 11) is -2.05. The Kier molecular flexibility index (Phi) is 6.19. The van der Waals surface area contributed by atoms with Gasteiger partial charge in [-0.25, -0.2) is 8.42 Å². The number of rotatable bonds is 7. The van der Waals surface area contributed by atoms with E-state index >= 15 is 0 Å². The van der Waals surface area contributed by atoms with Crippen LogP contribution in [0.2, 0.25) is 0 Å². The summed E-state index contributed by atoms with van der Waals surface area (Å²) in [5, 5.41) is 2.77. The van der Waals surface area contributed by atoms with Crippen molar-refractivity contribution >= 4 is 27.3 Å². The Morgan fingerprint density at radius 3 is 2.17 bits per heavy atom. The van der Waals surface area contributed by atoms with Gasteiger partial charge in [0.25, 0.3) is 5.91 Å². The first-order chi connectivity index (χ1) is 13.8. The minimum Gasteiger partial charge on any atom is -0.484 e. The van der Waals surface area contributed by atoms with Crippen LogP contribution in [0.5, 0.6) is 5.75 Å². The fraction of sp³-hybridized carbons (Fsp3) is 0.136. The van der Waals surface area contributed by atoms with Crippen LogP contribution in [0.25, 0.3) is 11.1 Å². The molecule has 6 nitrogen and oxygen atoms in total. The summed E-state index contributed by atoms with van der Waals surface area (Å²) in [5.41, 5.74) is 2.58. The molecule has 0 saturated carbocycles. The van der Waals surface area contributed by atoms with Gasteiger partial charge >= 0.3 is 0 Å². The van der Waals surface area contributed by atoms with Crippen molar-refractivity contribution in [2.45, 2.75) is 0 Å². The second-order valence-electron chi connectivity index (χ2n) is 6.48. The van der Waals surface area contributed by atoms with Gasteiger partial charge < -0.3 is 10.1 Å². The molecule has 0 aromatic heterocycles. The molecule has 0 radical (unpaired) electrons. The largest absolute Gasteiger partial charge is 0.484 e. The molecule has 0 saturated heterocycles. The molecule has 0 heterocycles. The highest BCUT2D eigenvalue weighted by Crippen LogP contribution is 2.32. The van der Waals surface area contributed by atoms with Crippen LogP contribution >= 0.6 is 0 Å². The predicted molar refractivity (Wildman–Crippen MR) is 116 cm³/mol. The zero-order chi connectivity index (χ0) is 20.9. The zero-order valence-corrected chi connectivity index (χ0v) is 17.0. The minimum atomic E-state index is -3.50. The fourth-order valence-electron chi connectivity index (χ4n) is 2.75. The zero-order valence-electron chi connectivity index (χ0n) is 16.2. The van der Waals surface area contributed by atoms with Gasteiger partial charge in [0.1, 0.15) is 5.75 Å². The lowest BCUT2D eigenvalue weighted by molar-refractivity contribution is -0.118. The average Bonchev–Trinajstić information content (AvgIpc) is 2.72. The van der Waals surface area contributed by atoms with Gasteiger partial charge in [-0.15, -0.1) is 0 Å². The molecule has 1 N–H and O–H groups in total. The number of amides is 1. The molecule has 150 valence electrons. The van der Waals surface area contributed by atoms with Gasteiger partial charge in [0.05, 0.1) is 17.6 Å². The van der Waals surface area contributed by atoms with E-state index in [0.717, 1.165) is 21.7 Å². The molecular weight excluding hydrogens is 388 g/mol. The van der Waals surface area contributed by atoms with Gasteiger partial charge in [-0.1, -0.05) is 54.6 Å². The summed E-state index contributed by atoms with van der Waals surface area (Å²) in [6.07, 6.45) is 1.11. The normalized spacial score (nSPS) is 11.0. The molecule has 0 atom stereocenters. The number of hydrogen-bond acceptors (Lipinski definition) is 4. The van der Waals surface area contributed by atoms with Crippen LogP contribution in [0.1, 0.15) is 0 Å². The summed E-state index contributed by atoms with van der Waals surface area (Å²) < 4.78 is 30.7. The third-order valence-electron chi connectivity index (χ3n) is 4.33. The SMILES string of the molecule is CN(c1ccc(-c2ccccc2)cc1NC(=O)COc1ccccc1)S(C)(=O)=O. The van der Waals surface area contributed by atoms with E-state index in [1.807, 2.05) is 54.6 Å². The maximum Gasteiger partial charge on any atom is 0.262 e. The second-order valence-corrected chi connectivity index (χ2v) is 8.49. The molecule has 0 bridgehead atoms. The monoisotopic (exact) mass is 410 g/mol. The molecular formula is C22H22N2O4S. The van der Waals surface area contributed by atoms with E-state index in [0.29, 0.717) is 17.1 Å². The number of carbonyl (C=O) groups is 1. The quantitative estimate of drug-likeness (QED) is 0.643. The van der Waals surface area contributed by atoms with Gasteiger partial charge in [0, 0.05) is 7.05 Å². The van der Waals surface area contributed by atoms with Crippen molar-refractivity contribution in [2.75, 3.05) is 29.5 Å². The molecule has 0 aliphatic rings. The Morgan fingerprint density at radius 1 is 0.931 bits per heavy atom. The molecule has 29 heavy (non-hydrogen) atoms. The standard InChI is InChI=1S/C22H22N2O4S/c1-24(29(2,26)27)21-14-13-18(17-9-5-3-6-10-17)15-20(21)23-22(25)16-28-19-11-7-4-8-12-19/h3-15H,16H2,1-2H3,(H,23,25). The van der Waals surface area contributed by atoms with Crippen molar-refractivity contribution in [2.24, 2.45) is 0 Å². The third-order valence-corrected chi connectivity index (χ3v) is 5.52. The fourth-order valence-corrected chi connectivity index (χ4v) is 3.27. The Hall–Kier alpha value is -3.32. The smallest absolute Gasteiger partial charge is 0.262 e. The minimum absolute atomic E-state index is 0.193. The predicted octanol–water partition coefficient (Wildman–Crippen LogP) is 3.77. The van der Waals surface area contributed by atoms with Crippen molar-refractivity contribution in [3.63, 3.8) is 0 Å². The molecule has 3 aromatic carbocycles. The van der Waals surface area contributed by atoms with Crippen LogP contribution in [0.3, 0.4) is 0 Å². The Labute approximate surface area is 170 Å². The van der Waals surface area contributed by atoms with Gasteiger partial charge in [-0.2, -0.15) is 0 Å². The van der Waals surface area contributed by atoms with Crippen LogP contribution in [0.4, 0.5) is 11.4 Å². The first-order valence-electron chi connectivity index (χ1n) is 8.95. The lowest BCUT2D eigenvalue weighted by Crippen LogP contribution is -2.27. The van der Waals surface area contributed by atoms with E-state index in [-0.39, 0.29) is 12.5 Å². The summed E-state index contributed by atoms with van der Waals surface area (Å²) in [6, 6.07) is 23.9. The summed E-state index contributed by atoms with van der Waals surface area (Å²) in [5.74, 6) is 0.191. The first kappa shape index (κ1) is 20.4. The number of para-hydroxylation sites is 1. The molecule has 3 rings (SSSR count). The number of carbonyl (C=O) groups excluding carboxylic acids is 1. The van der Waals surface area contributed by atoms with Crippen molar-refractivity contribution < 1.29 is 17.9 Å². The summed E-state index contributed by atoms with van der Waals surface area (Å²) in [4.78, 5) is 12.5. The van der Waals surface area contributed by atoms with Crippen LogP contribution in [-0.4, -0.2) is 34.2 Å². The van der Waals surface area contributed by atoms with Crippen LogP contribution < -0.4 is 14.4 Å². The van der Waals surface area contributed by atoms with Gasteiger partial charge in [0.2, 0.25) is 10.0 Å². The van der Waals surface area contributed by atoms with E-state index in [1.54, 1.807) is 24.3 Å². The van der Waals surface area contributed by atoms with E-state index < -0.39 is 10.0 Å². The van der Waals surface area contributed by atoms with Gasteiger partial charge in [0.15, 0.2) is 6.61 Å². The topological polar surface area (TPSA) is 75.7 Å². The second kappa shape index (κ2) is 8.79. The molecule has 3 aromatic rings. The van der Waals surface area contributed by atoms with Crippen molar-refractivity contribution in [3.8, 4) is 16.9 Å². The number of hydrogen-bond donors (Lipinski definition) is 1. The lowest BCUT2D eigenvalue weighted by Gasteiger charge is -2.21. The molecule has 0 unspecified atom stereocenters. The number of nitrogens with zero attached hydrogens (tertiary/aromatic N) is 1. The van der Waals surface area contributed by atoms with Crippen molar-refractivity contribution in [3.05, 3.63) is 78.9 Å². The number of anilines is 2. The molecule has 0 fully saturated rings. The lowest BCUT2D eigenvalue weighted by atomic mass is 10.0. The third kappa shape index (κ3) is 5.36. The Bertz CT molecular complexity index is 1080. The highest BCUT2D eigenvalue weighted by molar-refractivity contribution is 7.92. The van der Waals surface area contributed by atoms with Gasteiger partial charge in [-0.3, -0.25) is 9.10 Å². The van der Waals surface area contributed by atoms with Crippen LogP contribution in [0, 0.1) is 0 Å². The Morgan fingerprint density at radius 2 is 1.55 bits per heavy atom. The summed E-state index contributed by atoms with van der Waals surface area (Å²) in [6.45, 7) is -0.193. The average molecular weight is 410 g/mol. The molecule has 0 aliphatic heterocycles. The first-order valence-corrected chi connectivity index (χ1v) is 10.8. The maximum absolute atomic E-state index is 12.5. The molecule has 0 spiro atoms. The van der Waals surface area contributed by atoms with Crippen molar-refractivity contribution in [1.82, 2.24) is 0 Å². The number of sulfonamides is 1. The number of benzene rings is 3. The molecule has 7 heteroatoms. The van der Waals surface area contributed by atoms with Crippen molar-refractivity contribution in [1.29, 1.82) is 0 Å². The van der Waals surface area contributed by atoms with Gasteiger partial charge in [-0.05, 0) is 35.4 Å². The van der Waals surface area contributed by atoms with Crippen LogP contribution in [0.15, 0.2) is 78.9 Å². The van der Waals surface area contributed by atoms with E-state index in [1.165, 1.54) is 7.05 Å². The Balaban J connectivity index is 1.87. The van der Waals surface area contributed by atoms with E-state index in [4.69, 9.17) is 4.74 Å². The van der Waals surface area contributed by atoms with E-state index in [2.05, 4.69) is 5.32 Å². The number of nitrogens with one attached hydrogen (secondary N) is 1. The highest BCUT2D eigenvalue weighted by Gasteiger charge is 2.18. The van der Waals surface area contributed by atoms with Crippen LogP contribution in [-0.2, 0) is 14.8 Å². The highest BCUT2D eigenvalue weighted by atomic mass is 32.2. The van der Waals surface area contributed by atoms with E-state index in [9.17, 15) is 13.2 Å². The summed E-state index contributed by atoms with van der Waals surface area (Å²) >= 11 is 0. The molecule has 1 amide bonds. The maximum atomic E-state index is 12.5.